The zero-order valence-electron chi connectivity index (χ0n) is 10.0. The molecule has 0 saturated heterocycles. The maximum atomic E-state index is 13.0. The lowest BCUT2D eigenvalue weighted by molar-refractivity contribution is 0.0745. The highest BCUT2D eigenvalue weighted by Gasteiger charge is 2.15. The van der Waals surface area contributed by atoms with Crippen LogP contribution in [-0.4, -0.2) is 23.9 Å². The van der Waals surface area contributed by atoms with Gasteiger partial charge < -0.3 is 4.90 Å². The Morgan fingerprint density at radius 1 is 1.44 bits per heavy atom. The lowest BCUT2D eigenvalue weighted by Crippen LogP contribution is -2.34. The molecule has 0 radical (unpaired) electrons. The second kappa shape index (κ2) is 5.64. The minimum absolute atomic E-state index is 0.101. The Hall–Kier alpha value is -1.38. The van der Waals surface area contributed by atoms with Crippen molar-refractivity contribution in [1.82, 2.24) is 4.90 Å². The van der Waals surface area contributed by atoms with Crippen LogP contribution in [0.3, 0.4) is 0 Å². The van der Waals surface area contributed by atoms with Crippen molar-refractivity contribution in [2.45, 2.75) is 20.8 Å². The monoisotopic (exact) mass is 223 g/mol. The molecule has 1 aromatic carbocycles. The van der Waals surface area contributed by atoms with Gasteiger partial charge in [0.2, 0.25) is 0 Å². The molecule has 0 unspecified atom stereocenters. The number of carbonyl (C=O) groups excluding carboxylic acids is 1. The van der Waals surface area contributed by atoms with Crippen molar-refractivity contribution in [3.8, 4) is 0 Å². The molecule has 1 rings (SSSR count). The normalized spacial score (nSPS) is 10.6. The summed E-state index contributed by atoms with van der Waals surface area (Å²) in [4.78, 5) is 13.8. The fourth-order valence-electron chi connectivity index (χ4n) is 1.60. The predicted molar refractivity (Wildman–Crippen MR) is 62.8 cm³/mol. The van der Waals surface area contributed by atoms with Gasteiger partial charge in [0.15, 0.2) is 0 Å². The molecule has 16 heavy (non-hydrogen) atoms. The SMILES string of the molecule is CCN(CC(C)C)C(=O)c1cccc(F)c1. The van der Waals surface area contributed by atoms with Crippen molar-refractivity contribution in [3.05, 3.63) is 35.6 Å². The number of halogens is 1. The number of benzene rings is 1. The van der Waals surface area contributed by atoms with Gasteiger partial charge >= 0.3 is 0 Å². The van der Waals surface area contributed by atoms with Gasteiger partial charge in [-0.3, -0.25) is 4.79 Å². The molecular weight excluding hydrogens is 205 g/mol. The summed E-state index contributed by atoms with van der Waals surface area (Å²) in [7, 11) is 0. The minimum Gasteiger partial charge on any atom is -0.339 e. The summed E-state index contributed by atoms with van der Waals surface area (Å²) in [5.74, 6) is -0.0559. The largest absolute Gasteiger partial charge is 0.339 e. The van der Waals surface area contributed by atoms with E-state index in [-0.39, 0.29) is 11.7 Å². The third-order valence-corrected chi connectivity index (χ3v) is 2.33. The van der Waals surface area contributed by atoms with Crippen LogP contribution in [0.1, 0.15) is 31.1 Å². The summed E-state index contributed by atoms with van der Waals surface area (Å²) < 4.78 is 13.0. The molecular formula is C13H18FNO. The van der Waals surface area contributed by atoms with Crippen molar-refractivity contribution in [2.75, 3.05) is 13.1 Å². The minimum atomic E-state index is -0.369. The molecule has 1 amide bonds. The van der Waals surface area contributed by atoms with Crippen LogP contribution < -0.4 is 0 Å². The van der Waals surface area contributed by atoms with E-state index < -0.39 is 0 Å². The van der Waals surface area contributed by atoms with Crippen molar-refractivity contribution in [1.29, 1.82) is 0 Å². The fraction of sp³-hybridized carbons (Fsp3) is 0.462. The molecule has 1 aromatic rings. The zero-order chi connectivity index (χ0) is 12.1. The van der Waals surface area contributed by atoms with Crippen LogP contribution in [0.2, 0.25) is 0 Å². The summed E-state index contributed by atoms with van der Waals surface area (Å²) in [5.41, 5.74) is 0.419. The highest BCUT2D eigenvalue weighted by Crippen LogP contribution is 2.09. The third-order valence-electron chi connectivity index (χ3n) is 2.33. The van der Waals surface area contributed by atoms with Crippen molar-refractivity contribution in [3.63, 3.8) is 0 Å². The maximum Gasteiger partial charge on any atom is 0.253 e. The van der Waals surface area contributed by atoms with Gasteiger partial charge in [-0.25, -0.2) is 4.39 Å². The van der Waals surface area contributed by atoms with Gasteiger partial charge in [0.05, 0.1) is 0 Å². The van der Waals surface area contributed by atoms with E-state index in [1.807, 2.05) is 6.92 Å². The zero-order valence-corrected chi connectivity index (χ0v) is 10.0. The fourth-order valence-corrected chi connectivity index (χ4v) is 1.60. The second-order valence-corrected chi connectivity index (χ2v) is 4.25. The average Bonchev–Trinajstić information content (AvgIpc) is 2.24. The van der Waals surface area contributed by atoms with Crippen LogP contribution in [0.4, 0.5) is 4.39 Å². The molecule has 0 aliphatic heterocycles. The molecule has 0 heterocycles. The lowest BCUT2D eigenvalue weighted by Gasteiger charge is -2.22. The van der Waals surface area contributed by atoms with Gasteiger partial charge in [-0.2, -0.15) is 0 Å². The number of hydrogen-bond acceptors (Lipinski definition) is 1. The third kappa shape index (κ3) is 3.33. The van der Waals surface area contributed by atoms with Gasteiger partial charge in [0.25, 0.3) is 5.91 Å². The van der Waals surface area contributed by atoms with Crippen molar-refractivity contribution in [2.24, 2.45) is 5.92 Å². The number of amides is 1. The van der Waals surface area contributed by atoms with Crippen LogP contribution in [0.15, 0.2) is 24.3 Å². The quantitative estimate of drug-likeness (QED) is 0.768. The van der Waals surface area contributed by atoms with E-state index in [9.17, 15) is 9.18 Å². The van der Waals surface area contributed by atoms with Crippen molar-refractivity contribution < 1.29 is 9.18 Å². The van der Waals surface area contributed by atoms with Crippen LogP contribution >= 0.6 is 0 Å². The van der Waals surface area contributed by atoms with E-state index in [1.165, 1.54) is 12.1 Å². The van der Waals surface area contributed by atoms with Gasteiger partial charge in [-0.05, 0) is 31.0 Å². The number of rotatable bonds is 4. The smallest absolute Gasteiger partial charge is 0.253 e. The molecule has 0 saturated carbocycles. The van der Waals surface area contributed by atoms with E-state index in [4.69, 9.17) is 0 Å². The first-order chi connectivity index (χ1) is 7.54. The van der Waals surface area contributed by atoms with E-state index in [0.29, 0.717) is 24.6 Å². The highest BCUT2D eigenvalue weighted by molar-refractivity contribution is 5.94. The number of hydrogen-bond donors (Lipinski definition) is 0. The summed E-state index contributed by atoms with van der Waals surface area (Å²) in [5, 5.41) is 0. The molecule has 0 atom stereocenters. The molecule has 0 aromatic heterocycles. The molecule has 0 N–H and O–H groups in total. The first-order valence-corrected chi connectivity index (χ1v) is 5.59. The molecule has 0 spiro atoms. The van der Waals surface area contributed by atoms with Crippen LogP contribution in [-0.2, 0) is 0 Å². The van der Waals surface area contributed by atoms with Gasteiger partial charge in [0.1, 0.15) is 5.82 Å². The Morgan fingerprint density at radius 2 is 2.12 bits per heavy atom. The summed E-state index contributed by atoms with van der Waals surface area (Å²) >= 11 is 0. The standard InChI is InChI=1S/C13H18FNO/c1-4-15(9-10(2)3)13(16)11-6-5-7-12(14)8-11/h5-8,10H,4,9H2,1-3H3. The Labute approximate surface area is 96.1 Å². The molecule has 0 aliphatic carbocycles. The van der Waals surface area contributed by atoms with E-state index in [1.54, 1.807) is 17.0 Å². The first kappa shape index (κ1) is 12.7. The molecule has 2 nitrogen and oxygen atoms in total. The Kier molecular flexibility index (Phi) is 4.47. The van der Waals surface area contributed by atoms with Crippen LogP contribution in [0.25, 0.3) is 0 Å². The molecule has 0 bridgehead atoms. The Morgan fingerprint density at radius 3 is 2.62 bits per heavy atom. The van der Waals surface area contributed by atoms with E-state index in [0.717, 1.165) is 0 Å². The van der Waals surface area contributed by atoms with E-state index in [2.05, 4.69) is 13.8 Å². The number of nitrogens with zero attached hydrogens (tertiary/aromatic N) is 1. The average molecular weight is 223 g/mol. The highest BCUT2D eigenvalue weighted by atomic mass is 19.1. The van der Waals surface area contributed by atoms with Gasteiger partial charge in [-0.1, -0.05) is 19.9 Å². The number of carbonyl (C=O) groups is 1. The predicted octanol–water partition coefficient (Wildman–Crippen LogP) is 2.94. The molecule has 0 fully saturated rings. The Bertz CT molecular complexity index is 363. The topological polar surface area (TPSA) is 20.3 Å². The molecule has 88 valence electrons. The summed E-state index contributed by atoms with van der Waals surface area (Å²) in [6.45, 7) is 7.39. The van der Waals surface area contributed by atoms with Gasteiger partial charge in [-0.15, -0.1) is 0 Å². The summed E-state index contributed by atoms with van der Waals surface area (Å²) in [6.07, 6.45) is 0. The Balaban J connectivity index is 2.82. The van der Waals surface area contributed by atoms with E-state index >= 15 is 0 Å². The lowest BCUT2D eigenvalue weighted by atomic mass is 10.1. The maximum absolute atomic E-state index is 13.0. The second-order valence-electron chi connectivity index (χ2n) is 4.25. The van der Waals surface area contributed by atoms with Crippen molar-refractivity contribution >= 4 is 5.91 Å². The van der Waals surface area contributed by atoms with Crippen LogP contribution in [0.5, 0.6) is 0 Å². The van der Waals surface area contributed by atoms with Gasteiger partial charge in [0, 0.05) is 18.7 Å². The summed E-state index contributed by atoms with van der Waals surface area (Å²) in [6, 6.07) is 5.83. The molecule has 3 heteroatoms. The first-order valence-electron chi connectivity index (χ1n) is 5.59. The van der Waals surface area contributed by atoms with Crippen LogP contribution in [0, 0.1) is 11.7 Å². The molecule has 0 aliphatic rings.